The number of amides is 2. The first-order valence-electron chi connectivity index (χ1n) is 7.49. The van der Waals surface area contributed by atoms with Crippen LogP contribution in [0.4, 0.5) is 10.5 Å². The Morgan fingerprint density at radius 3 is 2.48 bits per heavy atom. The zero-order chi connectivity index (χ0) is 16.8. The lowest BCUT2D eigenvalue weighted by molar-refractivity contribution is 0.244. The Bertz CT molecular complexity index is 659. The van der Waals surface area contributed by atoms with Gasteiger partial charge in [0.05, 0.1) is 6.04 Å². The Morgan fingerprint density at radius 2 is 1.87 bits per heavy atom. The second kappa shape index (κ2) is 8.13. The molecule has 0 bridgehead atoms. The zero-order valence-corrected chi connectivity index (χ0v) is 15.2. The number of rotatable bonds is 5. The molecule has 0 aromatic heterocycles. The van der Waals surface area contributed by atoms with Crippen molar-refractivity contribution in [3.05, 3.63) is 64.1 Å². The SMILES string of the molecule is Cc1ccc(NC(=O)NC(CN(C)C)c2ccccc2)cc1Br. The van der Waals surface area contributed by atoms with Gasteiger partial charge >= 0.3 is 6.03 Å². The first-order chi connectivity index (χ1) is 11.0. The molecule has 1 atom stereocenters. The summed E-state index contributed by atoms with van der Waals surface area (Å²) in [6.45, 7) is 2.74. The topological polar surface area (TPSA) is 44.4 Å². The number of carbonyl (C=O) groups is 1. The molecule has 122 valence electrons. The summed E-state index contributed by atoms with van der Waals surface area (Å²) in [5.41, 5.74) is 2.98. The number of nitrogens with zero attached hydrogens (tertiary/aromatic N) is 1. The number of carbonyl (C=O) groups excluding carboxylic acids is 1. The number of hydrogen-bond donors (Lipinski definition) is 2. The van der Waals surface area contributed by atoms with E-state index in [0.717, 1.165) is 27.8 Å². The van der Waals surface area contributed by atoms with Crippen molar-refractivity contribution in [1.82, 2.24) is 10.2 Å². The predicted molar refractivity (Wildman–Crippen MR) is 98.8 cm³/mol. The molecule has 0 aliphatic carbocycles. The molecule has 0 fully saturated rings. The Balaban J connectivity index is 2.06. The van der Waals surface area contributed by atoms with Crippen molar-refractivity contribution < 1.29 is 4.79 Å². The maximum atomic E-state index is 12.3. The predicted octanol–water partition coefficient (Wildman–Crippen LogP) is 4.18. The summed E-state index contributed by atoms with van der Waals surface area (Å²) in [6.07, 6.45) is 0. The number of halogens is 1. The summed E-state index contributed by atoms with van der Waals surface area (Å²) in [5.74, 6) is 0. The Labute approximate surface area is 146 Å². The van der Waals surface area contributed by atoms with Crippen molar-refractivity contribution in [3.63, 3.8) is 0 Å². The monoisotopic (exact) mass is 375 g/mol. The summed E-state index contributed by atoms with van der Waals surface area (Å²) in [6, 6.07) is 15.5. The highest BCUT2D eigenvalue weighted by molar-refractivity contribution is 9.10. The number of likely N-dealkylation sites (N-methyl/N-ethyl adjacent to an activating group) is 1. The lowest BCUT2D eigenvalue weighted by Gasteiger charge is -2.23. The van der Waals surface area contributed by atoms with Crippen LogP contribution in [0.5, 0.6) is 0 Å². The molecule has 4 nitrogen and oxygen atoms in total. The normalized spacial score (nSPS) is 12.0. The van der Waals surface area contributed by atoms with E-state index in [0.29, 0.717) is 0 Å². The van der Waals surface area contributed by atoms with Gasteiger partial charge in [0.1, 0.15) is 0 Å². The van der Waals surface area contributed by atoms with Crippen LogP contribution in [-0.4, -0.2) is 31.6 Å². The lowest BCUT2D eigenvalue weighted by Crippen LogP contribution is -2.37. The fourth-order valence-electron chi connectivity index (χ4n) is 2.28. The summed E-state index contributed by atoms with van der Waals surface area (Å²) in [5, 5.41) is 5.93. The van der Waals surface area contributed by atoms with Crippen LogP contribution in [0, 0.1) is 6.92 Å². The maximum Gasteiger partial charge on any atom is 0.319 e. The highest BCUT2D eigenvalue weighted by Gasteiger charge is 2.15. The van der Waals surface area contributed by atoms with Gasteiger partial charge in [-0.3, -0.25) is 0 Å². The van der Waals surface area contributed by atoms with E-state index in [1.54, 1.807) is 0 Å². The van der Waals surface area contributed by atoms with Gasteiger partial charge in [0.2, 0.25) is 0 Å². The molecule has 2 aromatic rings. The number of hydrogen-bond acceptors (Lipinski definition) is 2. The van der Waals surface area contributed by atoms with Crippen molar-refractivity contribution >= 4 is 27.6 Å². The summed E-state index contributed by atoms with van der Waals surface area (Å²) >= 11 is 3.48. The Hall–Kier alpha value is -1.85. The van der Waals surface area contributed by atoms with Gasteiger partial charge in [-0.05, 0) is 44.3 Å². The molecule has 0 aliphatic heterocycles. The molecule has 5 heteroatoms. The van der Waals surface area contributed by atoms with Crippen LogP contribution in [0.1, 0.15) is 17.2 Å². The van der Waals surface area contributed by atoms with Gasteiger partial charge in [-0.2, -0.15) is 0 Å². The summed E-state index contributed by atoms with van der Waals surface area (Å²) in [4.78, 5) is 14.4. The highest BCUT2D eigenvalue weighted by Crippen LogP contribution is 2.21. The second-order valence-corrected chi connectivity index (χ2v) is 6.64. The van der Waals surface area contributed by atoms with E-state index in [1.807, 2.05) is 69.6 Å². The average molecular weight is 376 g/mol. The quantitative estimate of drug-likeness (QED) is 0.822. The second-order valence-electron chi connectivity index (χ2n) is 5.79. The van der Waals surface area contributed by atoms with Crippen LogP contribution in [0.2, 0.25) is 0 Å². The van der Waals surface area contributed by atoms with Crippen LogP contribution in [0.15, 0.2) is 53.0 Å². The molecule has 0 saturated carbocycles. The number of nitrogens with one attached hydrogen (secondary N) is 2. The number of benzene rings is 2. The van der Waals surface area contributed by atoms with Crippen LogP contribution >= 0.6 is 15.9 Å². The van der Waals surface area contributed by atoms with Gasteiger partial charge in [-0.25, -0.2) is 4.79 Å². The van der Waals surface area contributed by atoms with Gasteiger partial charge in [0, 0.05) is 16.7 Å². The zero-order valence-electron chi connectivity index (χ0n) is 13.6. The molecule has 2 aromatic carbocycles. The molecule has 0 saturated heterocycles. The number of anilines is 1. The van der Waals surface area contributed by atoms with Crippen LogP contribution in [0.25, 0.3) is 0 Å². The highest BCUT2D eigenvalue weighted by atomic mass is 79.9. The molecule has 0 radical (unpaired) electrons. The molecule has 2 N–H and O–H groups in total. The van der Waals surface area contributed by atoms with Crippen molar-refractivity contribution in [2.75, 3.05) is 26.0 Å². The molecular formula is C18H22BrN3O. The van der Waals surface area contributed by atoms with E-state index in [9.17, 15) is 4.79 Å². The third-order valence-electron chi connectivity index (χ3n) is 3.48. The minimum Gasteiger partial charge on any atom is -0.330 e. The molecule has 0 aliphatic rings. The van der Waals surface area contributed by atoms with Crippen molar-refractivity contribution in [3.8, 4) is 0 Å². The number of aryl methyl sites for hydroxylation is 1. The van der Waals surface area contributed by atoms with Crippen molar-refractivity contribution in [1.29, 1.82) is 0 Å². The average Bonchev–Trinajstić information content (AvgIpc) is 2.51. The lowest BCUT2D eigenvalue weighted by atomic mass is 10.1. The smallest absolute Gasteiger partial charge is 0.319 e. The molecule has 2 rings (SSSR count). The first kappa shape index (κ1) is 17.5. The van der Waals surface area contributed by atoms with E-state index in [1.165, 1.54) is 0 Å². The third-order valence-corrected chi connectivity index (χ3v) is 4.34. The molecule has 23 heavy (non-hydrogen) atoms. The molecule has 0 heterocycles. The molecule has 2 amide bonds. The van der Waals surface area contributed by atoms with Crippen LogP contribution < -0.4 is 10.6 Å². The fourth-order valence-corrected chi connectivity index (χ4v) is 2.66. The van der Waals surface area contributed by atoms with E-state index >= 15 is 0 Å². The van der Waals surface area contributed by atoms with Crippen molar-refractivity contribution in [2.24, 2.45) is 0 Å². The first-order valence-corrected chi connectivity index (χ1v) is 8.28. The minimum absolute atomic E-state index is 0.0694. The van der Waals surface area contributed by atoms with Gasteiger partial charge in [0.15, 0.2) is 0 Å². The van der Waals surface area contributed by atoms with Crippen molar-refractivity contribution in [2.45, 2.75) is 13.0 Å². The van der Waals surface area contributed by atoms with Crippen LogP contribution in [-0.2, 0) is 0 Å². The largest absolute Gasteiger partial charge is 0.330 e. The van der Waals surface area contributed by atoms with Gasteiger partial charge in [-0.15, -0.1) is 0 Å². The van der Waals surface area contributed by atoms with Crippen LogP contribution in [0.3, 0.4) is 0 Å². The Morgan fingerprint density at radius 1 is 1.17 bits per heavy atom. The third kappa shape index (κ3) is 5.37. The number of urea groups is 1. The molecular weight excluding hydrogens is 354 g/mol. The summed E-state index contributed by atoms with van der Waals surface area (Å²) < 4.78 is 0.975. The fraction of sp³-hybridized carbons (Fsp3) is 0.278. The van der Waals surface area contributed by atoms with Gasteiger partial charge < -0.3 is 15.5 Å². The van der Waals surface area contributed by atoms with E-state index in [4.69, 9.17) is 0 Å². The van der Waals surface area contributed by atoms with E-state index in [2.05, 4.69) is 31.5 Å². The standard InChI is InChI=1S/C18H22BrN3O/c1-13-9-10-15(11-16(13)19)20-18(23)21-17(12-22(2)3)14-7-5-4-6-8-14/h4-11,17H,12H2,1-3H3,(H2,20,21,23). The van der Waals surface area contributed by atoms with E-state index < -0.39 is 0 Å². The molecule has 0 spiro atoms. The summed E-state index contributed by atoms with van der Waals surface area (Å²) in [7, 11) is 3.99. The minimum atomic E-state index is -0.212. The maximum absolute atomic E-state index is 12.3. The van der Waals surface area contributed by atoms with E-state index in [-0.39, 0.29) is 12.1 Å². The Kier molecular flexibility index (Phi) is 6.19. The van der Waals surface area contributed by atoms with Gasteiger partial charge in [0.25, 0.3) is 0 Å². The van der Waals surface area contributed by atoms with Gasteiger partial charge in [-0.1, -0.05) is 52.3 Å². The molecule has 1 unspecified atom stereocenters.